The highest BCUT2D eigenvalue weighted by Gasteiger charge is 2.29. The summed E-state index contributed by atoms with van der Waals surface area (Å²) >= 11 is 0. The zero-order valence-corrected chi connectivity index (χ0v) is 12.0. The molecule has 1 fully saturated rings. The molecular weight excluding hydrogens is 250 g/mol. The topological polar surface area (TPSA) is 51.3 Å². The van der Waals surface area contributed by atoms with Crippen molar-refractivity contribution in [2.45, 2.75) is 26.3 Å². The standard InChI is InChI=1S/C13H21N3O.ClH/c1-9-4-5-12(15(9)3)13(17)16-7-6-11(8-16)10(2)14;/h4-5,10-11H,6-8,14H2,1-3H3;1H. The predicted octanol–water partition coefficient (Wildman–Crippen LogP) is 1.56. The molecule has 2 N–H and O–H groups in total. The first kappa shape index (κ1) is 15.1. The van der Waals surface area contributed by atoms with Gasteiger partial charge in [-0.1, -0.05) is 0 Å². The number of nitrogens with zero attached hydrogens (tertiary/aromatic N) is 2. The summed E-state index contributed by atoms with van der Waals surface area (Å²) in [4.78, 5) is 14.2. The Morgan fingerprint density at radius 2 is 2.17 bits per heavy atom. The summed E-state index contributed by atoms with van der Waals surface area (Å²) < 4.78 is 1.95. The molecule has 0 aromatic carbocycles. The van der Waals surface area contributed by atoms with Gasteiger partial charge in [-0.05, 0) is 38.3 Å². The van der Waals surface area contributed by atoms with Gasteiger partial charge in [0.05, 0.1) is 0 Å². The van der Waals surface area contributed by atoms with Gasteiger partial charge in [0.1, 0.15) is 5.69 Å². The lowest BCUT2D eigenvalue weighted by Crippen LogP contribution is -2.33. The summed E-state index contributed by atoms with van der Waals surface area (Å²) in [6.07, 6.45) is 1.02. The molecule has 2 rings (SSSR count). The van der Waals surface area contributed by atoms with Gasteiger partial charge in [-0.15, -0.1) is 12.4 Å². The third kappa shape index (κ3) is 2.70. The molecular formula is C13H22ClN3O. The fraction of sp³-hybridized carbons (Fsp3) is 0.615. The third-order valence-corrected chi connectivity index (χ3v) is 3.85. The molecule has 0 bridgehead atoms. The van der Waals surface area contributed by atoms with E-state index >= 15 is 0 Å². The van der Waals surface area contributed by atoms with Gasteiger partial charge >= 0.3 is 0 Å². The number of halogens is 1. The van der Waals surface area contributed by atoms with Gasteiger partial charge in [-0.25, -0.2) is 0 Å². The van der Waals surface area contributed by atoms with E-state index in [0.717, 1.165) is 30.9 Å². The summed E-state index contributed by atoms with van der Waals surface area (Å²) in [5.74, 6) is 0.573. The number of aryl methyl sites for hydroxylation is 1. The van der Waals surface area contributed by atoms with Crippen LogP contribution in [0.15, 0.2) is 12.1 Å². The van der Waals surface area contributed by atoms with Crippen LogP contribution in [0.4, 0.5) is 0 Å². The van der Waals surface area contributed by atoms with E-state index in [1.807, 2.05) is 42.5 Å². The molecule has 2 unspecified atom stereocenters. The highest BCUT2D eigenvalue weighted by atomic mass is 35.5. The minimum absolute atomic E-state index is 0. The average Bonchev–Trinajstić information content (AvgIpc) is 2.87. The molecule has 1 saturated heterocycles. The maximum absolute atomic E-state index is 12.3. The van der Waals surface area contributed by atoms with Gasteiger partial charge in [0.2, 0.25) is 0 Å². The van der Waals surface area contributed by atoms with Crippen molar-refractivity contribution in [3.8, 4) is 0 Å². The van der Waals surface area contributed by atoms with Crippen molar-refractivity contribution in [2.75, 3.05) is 13.1 Å². The van der Waals surface area contributed by atoms with E-state index < -0.39 is 0 Å². The third-order valence-electron chi connectivity index (χ3n) is 3.85. The summed E-state index contributed by atoms with van der Waals surface area (Å²) in [5, 5.41) is 0. The first-order chi connectivity index (χ1) is 8.00. The molecule has 2 heterocycles. The molecule has 1 aliphatic rings. The SMILES string of the molecule is Cc1ccc(C(=O)N2CCC(C(C)N)C2)n1C.Cl. The lowest BCUT2D eigenvalue weighted by Gasteiger charge is -2.18. The van der Waals surface area contributed by atoms with Crippen LogP contribution in [0.25, 0.3) is 0 Å². The van der Waals surface area contributed by atoms with E-state index in [2.05, 4.69) is 0 Å². The van der Waals surface area contributed by atoms with Crippen LogP contribution in [0.2, 0.25) is 0 Å². The van der Waals surface area contributed by atoms with Crippen LogP contribution in [0.1, 0.15) is 29.5 Å². The molecule has 102 valence electrons. The zero-order chi connectivity index (χ0) is 12.6. The second-order valence-corrected chi connectivity index (χ2v) is 5.08. The Labute approximate surface area is 115 Å². The van der Waals surface area contributed by atoms with Crippen LogP contribution >= 0.6 is 12.4 Å². The first-order valence-electron chi connectivity index (χ1n) is 6.18. The highest BCUT2D eigenvalue weighted by Crippen LogP contribution is 2.21. The van der Waals surface area contributed by atoms with Crippen LogP contribution < -0.4 is 5.73 Å². The van der Waals surface area contributed by atoms with Crippen molar-refractivity contribution in [3.05, 3.63) is 23.5 Å². The Bertz CT molecular complexity index is 428. The second kappa shape index (κ2) is 5.76. The molecule has 0 aliphatic carbocycles. The lowest BCUT2D eigenvalue weighted by molar-refractivity contribution is 0.0776. The van der Waals surface area contributed by atoms with Gasteiger partial charge in [0.25, 0.3) is 5.91 Å². The van der Waals surface area contributed by atoms with Crippen molar-refractivity contribution in [2.24, 2.45) is 18.7 Å². The molecule has 0 radical (unpaired) electrons. The Morgan fingerprint density at radius 3 is 2.61 bits per heavy atom. The van der Waals surface area contributed by atoms with Crippen molar-refractivity contribution >= 4 is 18.3 Å². The summed E-state index contributed by atoms with van der Waals surface area (Å²) in [6, 6.07) is 4.05. The van der Waals surface area contributed by atoms with Crippen molar-refractivity contribution in [3.63, 3.8) is 0 Å². The van der Waals surface area contributed by atoms with E-state index in [4.69, 9.17) is 5.73 Å². The number of carbonyl (C=O) groups excluding carboxylic acids is 1. The molecule has 1 aliphatic heterocycles. The minimum atomic E-state index is 0. The molecule has 0 saturated carbocycles. The van der Waals surface area contributed by atoms with Crippen LogP contribution in [0.3, 0.4) is 0 Å². The molecule has 4 nitrogen and oxygen atoms in total. The van der Waals surface area contributed by atoms with Crippen molar-refractivity contribution in [1.29, 1.82) is 0 Å². The summed E-state index contributed by atoms with van der Waals surface area (Å²) in [7, 11) is 1.93. The lowest BCUT2D eigenvalue weighted by atomic mass is 10.0. The van der Waals surface area contributed by atoms with E-state index in [1.165, 1.54) is 0 Å². The van der Waals surface area contributed by atoms with E-state index in [9.17, 15) is 4.79 Å². The van der Waals surface area contributed by atoms with Gasteiger partial charge in [-0.3, -0.25) is 4.79 Å². The van der Waals surface area contributed by atoms with Gasteiger partial charge in [0.15, 0.2) is 0 Å². The largest absolute Gasteiger partial charge is 0.344 e. The number of hydrogen-bond acceptors (Lipinski definition) is 2. The van der Waals surface area contributed by atoms with E-state index in [0.29, 0.717) is 5.92 Å². The number of likely N-dealkylation sites (tertiary alicyclic amines) is 1. The molecule has 5 heteroatoms. The smallest absolute Gasteiger partial charge is 0.270 e. The quantitative estimate of drug-likeness (QED) is 0.888. The normalized spacial score (nSPS) is 20.7. The number of nitrogens with two attached hydrogens (primary N) is 1. The molecule has 0 spiro atoms. The average molecular weight is 272 g/mol. The van der Waals surface area contributed by atoms with Gasteiger partial charge < -0.3 is 15.2 Å². The van der Waals surface area contributed by atoms with Gasteiger partial charge in [0, 0.05) is 31.9 Å². The number of rotatable bonds is 2. The fourth-order valence-corrected chi connectivity index (χ4v) is 2.39. The first-order valence-corrected chi connectivity index (χ1v) is 6.18. The maximum atomic E-state index is 12.3. The van der Waals surface area contributed by atoms with Crippen LogP contribution in [0, 0.1) is 12.8 Å². The zero-order valence-electron chi connectivity index (χ0n) is 11.2. The molecule has 1 aromatic heterocycles. The van der Waals surface area contributed by atoms with E-state index in [-0.39, 0.29) is 24.4 Å². The Hall–Kier alpha value is -1.00. The number of amides is 1. The van der Waals surface area contributed by atoms with E-state index in [1.54, 1.807) is 0 Å². The Kier molecular flexibility index (Phi) is 4.82. The summed E-state index contributed by atoms with van der Waals surface area (Å²) in [5.41, 5.74) is 7.77. The van der Waals surface area contributed by atoms with Crippen LogP contribution in [-0.4, -0.2) is 34.5 Å². The molecule has 2 atom stereocenters. The van der Waals surface area contributed by atoms with Crippen molar-refractivity contribution in [1.82, 2.24) is 9.47 Å². The molecule has 1 aromatic rings. The monoisotopic (exact) mass is 271 g/mol. The molecule has 1 amide bonds. The van der Waals surface area contributed by atoms with Crippen LogP contribution in [0.5, 0.6) is 0 Å². The molecule has 18 heavy (non-hydrogen) atoms. The minimum Gasteiger partial charge on any atom is -0.344 e. The number of carbonyl (C=O) groups is 1. The van der Waals surface area contributed by atoms with Gasteiger partial charge in [-0.2, -0.15) is 0 Å². The summed E-state index contributed by atoms with van der Waals surface area (Å²) in [6.45, 7) is 5.65. The van der Waals surface area contributed by atoms with Crippen molar-refractivity contribution < 1.29 is 4.79 Å². The predicted molar refractivity (Wildman–Crippen MR) is 75.1 cm³/mol. The number of aromatic nitrogens is 1. The fourth-order valence-electron chi connectivity index (χ4n) is 2.39. The Morgan fingerprint density at radius 1 is 1.50 bits per heavy atom. The maximum Gasteiger partial charge on any atom is 0.270 e. The highest BCUT2D eigenvalue weighted by molar-refractivity contribution is 5.93. The van der Waals surface area contributed by atoms with Crippen LogP contribution in [-0.2, 0) is 7.05 Å². The number of hydrogen-bond donors (Lipinski definition) is 1. The Balaban J connectivity index is 0.00000162. The second-order valence-electron chi connectivity index (χ2n) is 5.08.